The minimum atomic E-state index is -3.69. The molecule has 1 aliphatic rings. The fourth-order valence-corrected chi connectivity index (χ4v) is 4.68. The molecule has 0 saturated carbocycles. The molecule has 0 atom stereocenters. The van der Waals surface area contributed by atoms with Crippen molar-refractivity contribution in [3.8, 4) is 11.3 Å². The molecule has 0 radical (unpaired) electrons. The minimum Gasteiger partial charge on any atom is -0.451 e. The van der Waals surface area contributed by atoms with Gasteiger partial charge in [0.1, 0.15) is 11.6 Å². The number of hydrogen-bond acceptors (Lipinski definition) is 5. The molecule has 0 bridgehead atoms. The Kier molecular flexibility index (Phi) is 5.90. The number of rotatable bonds is 5. The van der Waals surface area contributed by atoms with Crippen LogP contribution in [0.1, 0.15) is 16.1 Å². The van der Waals surface area contributed by atoms with Crippen LogP contribution in [0.2, 0.25) is 0 Å². The molecule has 0 spiro atoms. The van der Waals surface area contributed by atoms with Gasteiger partial charge in [0.25, 0.3) is 5.91 Å². The van der Waals surface area contributed by atoms with Crippen molar-refractivity contribution in [2.24, 2.45) is 0 Å². The van der Waals surface area contributed by atoms with Gasteiger partial charge >= 0.3 is 0 Å². The molecule has 2 heterocycles. The Balaban J connectivity index is 1.55. The van der Waals surface area contributed by atoms with E-state index in [1.54, 1.807) is 31.2 Å². The summed E-state index contributed by atoms with van der Waals surface area (Å²) in [6, 6.07) is 13.5. The van der Waals surface area contributed by atoms with Crippen LogP contribution in [0, 0.1) is 12.7 Å². The van der Waals surface area contributed by atoms with Gasteiger partial charge in [0, 0.05) is 24.3 Å². The van der Waals surface area contributed by atoms with Gasteiger partial charge in [-0.1, -0.05) is 6.07 Å². The number of benzene rings is 2. The standard InChI is InChI=1S/C22H21FN2O5S/c1-15-2-7-18(31(27,28)25-10-12-29-13-11-25)14-19(15)24-22(26)21-9-8-20(30-21)16-3-5-17(23)6-4-16/h2-9,14H,10-13H2,1H3,(H,24,26). The van der Waals surface area contributed by atoms with Crippen molar-refractivity contribution in [3.05, 3.63) is 71.7 Å². The summed E-state index contributed by atoms with van der Waals surface area (Å²) in [6.45, 7) is 3.05. The molecule has 0 unspecified atom stereocenters. The maximum absolute atomic E-state index is 13.1. The minimum absolute atomic E-state index is 0.0557. The van der Waals surface area contributed by atoms with Gasteiger partial charge in [0.2, 0.25) is 10.0 Å². The first kappa shape index (κ1) is 21.2. The van der Waals surface area contributed by atoms with Gasteiger partial charge in [-0.05, 0) is 61.0 Å². The van der Waals surface area contributed by atoms with Crippen LogP contribution in [0.15, 0.2) is 63.9 Å². The first-order chi connectivity index (χ1) is 14.8. The summed E-state index contributed by atoms with van der Waals surface area (Å²) in [7, 11) is -3.69. The van der Waals surface area contributed by atoms with Crippen LogP contribution in [0.4, 0.5) is 10.1 Å². The third-order valence-corrected chi connectivity index (χ3v) is 6.92. The lowest BCUT2D eigenvalue weighted by atomic mass is 10.2. The monoisotopic (exact) mass is 444 g/mol. The van der Waals surface area contributed by atoms with Crippen LogP contribution in [0.25, 0.3) is 11.3 Å². The Labute approximate surface area is 179 Å². The molecule has 9 heteroatoms. The highest BCUT2D eigenvalue weighted by atomic mass is 32.2. The second kappa shape index (κ2) is 8.62. The topological polar surface area (TPSA) is 88.9 Å². The van der Waals surface area contributed by atoms with E-state index in [-0.39, 0.29) is 29.6 Å². The molecule has 31 heavy (non-hydrogen) atoms. The molecule has 162 valence electrons. The van der Waals surface area contributed by atoms with E-state index in [4.69, 9.17) is 9.15 Å². The average Bonchev–Trinajstić information content (AvgIpc) is 3.27. The van der Waals surface area contributed by atoms with Crippen LogP contribution in [0.3, 0.4) is 0 Å². The largest absolute Gasteiger partial charge is 0.451 e. The fourth-order valence-electron chi connectivity index (χ4n) is 3.25. The number of furan rings is 1. The van der Waals surface area contributed by atoms with E-state index in [1.807, 2.05) is 0 Å². The molecular formula is C22H21FN2O5S. The highest BCUT2D eigenvalue weighted by molar-refractivity contribution is 7.89. The smallest absolute Gasteiger partial charge is 0.291 e. The molecule has 0 aliphatic carbocycles. The summed E-state index contributed by atoms with van der Waals surface area (Å²) in [5.41, 5.74) is 1.72. The lowest BCUT2D eigenvalue weighted by molar-refractivity contribution is 0.0730. The van der Waals surface area contributed by atoms with Gasteiger partial charge in [0.15, 0.2) is 5.76 Å². The summed E-state index contributed by atoms with van der Waals surface area (Å²) in [5, 5.41) is 2.72. The molecule has 1 saturated heterocycles. The van der Waals surface area contributed by atoms with Crippen LogP contribution in [-0.2, 0) is 14.8 Å². The molecule has 3 aromatic rings. The Morgan fingerprint density at radius 2 is 1.74 bits per heavy atom. The SMILES string of the molecule is Cc1ccc(S(=O)(=O)N2CCOCC2)cc1NC(=O)c1ccc(-c2ccc(F)cc2)o1. The van der Waals surface area contributed by atoms with Gasteiger partial charge in [-0.15, -0.1) is 0 Å². The second-order valence-corrected chi connectivity index (χ2v) is 9.06. The van der Waals surface area contributed by atoms with Crippen LogP contribution in [0.5, 0.6) is 0 Å². The maximum Gasteiger partial charge on any atom is 0.291 e. The summed E-state index contributed by atoms with van der Waals surface area (Å²) in [5.74, 6) is -0.404. The normalized spacial score (nSPS) is 15.0. The molecular weight excluding hydrogens is 423 g/mol. The van der Waals surface area contributed by atoms with E-state index in [1.165, 1.54) is 34.6 Å². The van der Waals surface area contributed by atoms with E-state index >= 15 is 0 Å². The fraction of sp³-hybridized carbons (Fsp3) is 0.227. The number of anilines is 1. The van der Waals surface area contributed by atoms with Crippen molar-refractivity contribution < 1.29 is 26.8 Å². The Morgan fingerprint density at radius 1 is 1.03 bits per heavy atom. The van der Waals surface area contributed by atoms with Crippen LogP contribution in [-0.4, -0.2) is 44.9 Å². The lowest BCUT2D eigenvalue weighted by Crippen LogP contribution is -2.40. The summed E-state index contributed by atoms with van der Waals surface area (Å²) >= 11 is 0. The molecule has 1 fully saturated rings. The molecule has 1 aromatic heterocycles. The highest BCUT2D eigenvalue weighted by Crippen LogP contribution is 2.26. The van der Waals surface area contributed by atoms with Crippen molar-refractivity contribution >= 4 is 21.6 Å². The van der Waals surface area contributed by atoms with Crippen molar-refractivity contribution in [3.63, 3.8) is 0 Å². The zero-order valence-electron chi connectivity index (χ0n) is 16.8. The molecule has 1 amide bonds. The molecule has 1 aliphatic heterocycles. The molecule has 2 aromatic carbocycles. The number of morpholine rings is 1. The van der Waals surface area contributed by atoms with Crippen molar-refractivity contribution in [2.75, 3.05) is 31.6 Å². The first-order valence-corrected chi connectivity index (χ1v) is 11.1. The zero-order chi connectivity index (χ0) is 22.0. The van der Waals surface area contributed by atoms with Crippen molar-refractivity contribution in [1.29, 1.82) is 0 Å². The summed E-state index contributed by atoms with van der Waals surface area (Å²) in [6.07, 6.45) is 0. The summed E-state index contributed by atoms with van der Waals surface area (Å²) in [4.78, 5) is 12.8. The summed E-state index contributed by atoms with van der Waals surface area (Å²) < 4.78 is 51.1. The quantitative estimate of drug-likeness (QED) is 0.649. The second-order valence-electron chi connectivity index (χ2n) is 7.12. The number of carbonyl (C=O) groups excluding carboxylic acids is 1. The Bertz CT molecular complexity index is 1200. The number of aryl methyl sites for hydroxylation is 1. The van der Waals surface area contributed by atoms with E-state index in [0.717, 1.165) is 0 Å². The van der Waals surface area contributed by atoms with Gasteiger partial charge < -0.3 is 14.5 Å². The predicted octanol–water partition coefficient (Wildman–Crippen LogP) is 3.67. The maximum atomic E-state index is 13.1. The number of amides is 1. The van der Waals surface area contributed by atoms with E-state index < -0.39 is 15.9 Å². The number of nitrogens with one attached hydrogen (secondary N) is 1. The molecule has 4 rings (SSSR count). The van der Waals surface area contributed by atoms with Crippen LogP contribution >= 0.6 is 0 Å². The lowest BCUT2D eigenvalue weighted by Gasteiger charge is -2.26. The van der Waals surface area contributed by atoms with Gasteiger partial charge in [0.05, 0.1) is 18.1 Å². The van der Waals surface area contributed by atoms with Gasteiger partial charge in [-0.3, -0.25) is 4.79 Å². The molecule has 7 nitrogen and oxygen atoms in total. The number of sulfonamides is 1. The third-order valence-electron chi connectivity index (χ3n) is 5.02. The predicted molar refractivity (Wildman–Crippen MR) is 113 cm³/mol. The highest BCUT2D eigenvalue weighted by Gasteiger charge is 2.27. The number of ether oxygens (including phenoxy) is 1. The Morgan fingerprint density at radius 3 is 2.45 bits per heavy atom. The average molecular weight is 444 g/mol. The third kappa shape index (κ3) is 4.53. The van der Waals surface area contributed by atoms with Gasteiger partial charge in [-0.2, -0.15) is 4.31 Å². The van der Waals surface area contributed by atoms with E-state index in [2.05, 4.69) is 5.32 Å². The van der Waals surface area contributed by atoms with Gasteiger partial charge in [-0.25, -0.2) is 12.8 Å². The van der Waals surface area contributed by atoms with Crippen molar-refractivity contribution in [2.45, 2.75) is 11.8 Å². The zero-order valence-corrected chi connectivity index (χ0v) is 17.6. The molecule has 1 N–H and O–H groups in total. The first-order valence-electron chi connectivity index (χ1n) is 9.70. The Hall–Kier alpha value is -3.01. The van der Waals surface area contributed by atoms with E-state index in [9.17, 15) is 17.6 Å². The number of hydrogen-bond donors (Lipinski definition) is 1. The number of halogens is 1. The number of nitrogens with zero attached hydrogens (tertiary/aromatic N) is 1. The van der Waals surface area contributed by atoms with E-state index in [0.29, 0.717) is 35.8 Å². The van der Waals surface area contributed by atoms with Crippen LogP contribution < -0.4 is 5.32 Å². The van der Waals surface area contributed by atoms with Crippen molar-refractivity contribution in [1.82, 2.24) is 4.31 Å². The number of carbonyl (C=O) groups is 1.